The molecule has 130 valence electrons. The largest absolute Gasteiger partial charge is 0.398 e. The highest BCUT2D eigenvalue weighted by molar-refractivity contribution is 5.86. The molecule has 4 heteroatoms. The second kappa shape index (κ2) is 6.52. The van der Waals surface area contributed by atoms with Crippen LogP contribution in [0.4, 0.5) is 11.4 Å². The van der Waals surface area contributed by atoms with Gasteiger partial charge in [-0.25, -0.2) is 0 Å². The van der Waals surface area contributed by atoms with Gasteiger partial charge in [0.2, 0.25) is 0 Å². The quantitative estimate of drug-likeness (QED) is 0.578. The second-order valence-electron chi connectivity index (χ2n) is 7.56. The van der Waals surface area contributed by atoms with Crippen LogP contribution in [0.2, 0.25) is 0 Å². The third-order valence-electron chi connectivity index (χ3n) is 5.69. The summed E-state index contributed by atoms with van der Waals surface area (Å²) in [5.41, 5.74) is 11.1. The third kappa shape index (κ3) is 3.27. The van der Waals surface area contributed by atoms with Crippen molar-refractivity contribution in [3.8, 4) is 0 Å². The first-order valence-electron chi connectivity index (χ1n) is 9.08. The van der Waals surface area contributed by atoms with Crippen LogP contribution in [-0.2, 0) is 6.54 Å². The van der Waals surface area contributed by atoms with Gasteiger partial charge in [-0.05, 0) is 49.4 Å². The molecule has 0 aromatic heterocycles. The van der Waals surface area contributed by atoms with Crippen molar-refractivity contribution >= 4 is 17.6 Å². The number of hydrogen-bond acceptors (Lipinski definition) is 4. The molecule has 2 aromatic carbocycles. The van der Waals surface area contributed by atoms with Crippen LogP contribution in [0, 0.1) is 18.3 Å². The predicted octanol–water partition coefficient (Wildman–Crippen LogP) is 3.65. The summed E-state index contributed by atoms with van der Waals surface area (Å²) in [6.45, 7) is 4.38. The molecule has 4 nitrogen and oxygen atoms in total. The third-order valence-corrected chi connectivity index (χ3v) is 5.69. The average Bonchev–Trinajstić information content (AvgIpc) is 3.18. The standard InChI is InChI=1S/C21H26N4/c1-14-2-4-15(5-3-14)12-25-13-16-8-20(21(25)9-16)24-18-6-7-19(23)17(10-18)11-22/h2-7,10-11,16,20-22,24H,8-9,12-13,23H2,1H3. The number of rotatable bonds is 5. The number of aryl methyl sites for hydroxylation is 1. The van der Waals surface area contributed by atoms with Gasteiger partial charge in [-0.2, -0.15) is 0 Å². The Labute approximate surface area is 149 Å². The monoisotopic (exact) mass is 334 g/mol. The molecule has 1 heterocycles. The van der Waals surface area contributed by atoms with Crippen LogP contribution in [0.1, 0.15) is 29.5 Å². The fraction of sp³-hybridized carbons (Fsp3) is 0.381. The van der Waals surface area contributed by atoms with E-state index in [4.69, 9.17) is 11.1 Å². The van der Waals surface area contributed by atoms with Gasteiger partial charge in [0, 0.05) is 48.3 Å². The SMILES string of the molecule is Cc1ccc(CN2CC3CC(Nc4ccc(N)c(C=N)c4)C2C3)cc1. The molecule has 4 N–H and O–H groups in total. The van der Waals surface area contributed by atoms with Crippen molar-refractivity contribution in [2.75, 3.05) is 17.6 Å². The van der Waals surface area contributed by atoms with Crippen molar-refractivity contribution in [2.24, 2.45) is 5.92 Å². The number of likely N-dealkylation sites (tertiary alicyclic amines) is 1. The van der Waals surface area contributed by atoms with Gasteiger partial charge in [-0.1, -0.05) is 29.8 Å². The Morgan fingerprint density at radius 2 is 2.00 bits per heavy atom. The van der Waals surface area contributed by atoms with Gasteiger partial charge < -0.3 is 16.5 Å². The Morgan fingerprint density at radius 3 is 2.72 bits per heavy atom. The Balaban J connectivity index is 1.45. The normalized spacial score (nSPS) is 25.2. The molecule has 4 rings (SSSR count). The van der Waals surface area contributed by atoms with Crippen molar-refractivity contribution < 1.29 is 0 Å². The number of nitrogens with one attached hydrogen (secondary N) is 2. The van der Waals surface area contributed by atoms with E-state index in [0.29, 0.717) is 17.8 Å². The predicted molar refractivity (Wildman–Crippen MR) is 104 cm³/mol. The van der Waals surface area contributed by atoms with Crippen LogP contribution in [0.15, 0.2) is 42.5 Å². The molecule has 1 saturated heterocycles. The molecule has 25 heavy (non-hydrogen) atoms. The molecule has 3 atom stereocenters. The summed E-state index contributed by atoms with van der Waals surface area (Å²) in [4.78, 5) is 2.63. The van der Waals surface area contributed by atoms with E-state index in [1.165, 1.54) is 36.7 Å². The summed E-state index contributed by atoms with van der Waals surface area (Å²) >= 11 is 0. The van der Waals surface area contributed by atoms with Crippen molar-refractivity contribution in [3.05, 3.63) is 59.2 Å². The van der Waals surface area contributed by atoms with E-state index in [-0.39, 0.29) is 0 Å². The Morgan fingerprint density at radius 1 is 1.20 bits per heavy atom. The minimum atomic E-state index is 0.478. The number of piperidine rings is 1. The van der Waals surface area contributed by atoms with Gasteiger partial charge in [0.1, 0.15) is 0 Å². The van der Waals surface area contributed by atoms with E-state index in [1.807, 2.05) is 18.2 Å². The Bertz CT molecular complexity index is 768. The zero-order valence-electron chi connectivity index (χ0n) is 14.7. The highest BCUT2D eigenvalue weighted by atomic mass is 15.2. The van der Waals surface area contributed by atoms with Gasteiger partial charge in [0.05, 0.1) is 0 Å². The maximum atomic E-state index is 7.48. The molecule has 0 radical (unpaired) electrons. The molecule has 2 fully saturated rings. The highest BCUT2D eigenvalue weighted by Gasteiger charge is 2.44. The maximum absolute atomic E-state index is 7.48. The summed E-state index contributed by atoms with van der Waals surface area (Å²) in [5, 5.41) is 11.2. The number of benzene rings is 2. The molecule has 2 aliphatic rings. The Hall–Kier alpha value is -2.33. The number of nitrogens with two attached hydrogens (primary N) is 1. The summed E-state index contributed by atoms with van der Waals surface area (Å²) in [6.07, 6.45) is 3.85. The van der Waals surface area contributed by atoms with Gasteiger partial charge >= 0.3 is 0 Å². The molecular formula is C21H26N4. The molecule has 0 spiro atoms. The lowest BCUT2D eigenvalue weighted by molar-refractivity contribution is 0.192. The van der Waals surface area contributed by atoms with E-state index in [2.05, 4.69) is 41.4 Å². The van der Waals surface area contributed by atoms with Crippen LogP contribution >= 0.6 is 0 Å². The van der Waals surface area contributed by atoms with Crippen LogP contribution in [0.5, 0.6) is 0 Å². The fourth-order valence-corrected chi connectivity index (χ4v) is 4.41. The zero-order valence-corrected chi connectivity index (χ0v) is 14.7. The average molecular weight is 334 g/mol. The summed E-state index contributed by atoms with van der Waals surface area (Å²) in [6, 6.07) is 15.9. The van der Waals surface area contributed by atoms with E-state index in [0.717, 1.165) is 23.7 Å². The van der Waals surface area contributed by atoms with E-state index < -0.39 is 0 Å². The molecule has 1 saturated carbocycles. The van der Waals surface area contributed by atoms with Gasteiger partial charge in [0.15, 0.2) is 0 Å². The summed E-state index contributed by atoms with van der Waals surface area (Å²) in [5.74, 6) is 0.795. The van der Waals surface area contributed by atoms with E-state index >= 15 is 0 Å². The number of anilines is 2. The van der Waals surface area contributed by atoms with Crippen LogP contribution in [0.25, 0.3) is 0 Å². The Kier molecular flexibility index (Phi) is 4.22. The second-order valence-corrected chi connectivity index (χ2v) is 7.56. The first-order valence-corrected chi connectivity index (χ1v) is 9.08. The topological polar surface area (TPSA) is 65.1 Å². The first-order chi connectivity index (χ1) is 12.1. The minimum Gasteiger partial charge on any atom is -0.398 e. The minimum absolute atomic E-state index is 0.478. The van der Waals surface area contributed by atoms with Crippen molar-refractivity contribution in [1.29, 1.82) is 5.41 Å². The number of fused-ring (bicyclic) bond motifs is 2. The lowest BCUT2D eigenvalue weighted by Gasteiger charge is -2.34. The van der Waals surface area contributed by atoms with Crippen LogP contribution in [0.3, 0.4) is 0 Å². The van der Waals surface area contributed by atoms with Crippen molar-refractivity contribution in [1.82, 2.24) is 4.90 Å². The lowest BCUT2D eigenvalue weighted by atomic mass is 10.0. The van der Waals surface area contributed by atoms with Crippen LogP contribution in [-0.4, -0.2) is 29.7 Å². The molecule has 3 unspecified atom stereocenters. The van der Waals surface area contributed by atoms with Crippen molar-refractivity contribution in [3.63, 3.8) is 0 Å². The highest BCUT2D eigenvalue weighted by Crippen LogP contribution is 2.40. The van der Waals surface area contributed by atoms with Crippen molar-refractivity contribution in [2.45, 2.75) is 38.4 Å². The number of nitrogens with zero attached hydrogens (tertiary/aromatic N) is 1. The van der Waals surface area contributed by atoms with Gasteiger partial charge in [-0.3, -0.25) is 4.90 Å². The van der Waals surface area contributed by atoms with Crippen LogP contribution < -0.4 is 11.1 Å². The molecular weight excluding hydrogens is 308 g/mol. The maximum Gasteiger partial charge on any atom is 0.0420 e. The summed E-state index contributed by atoms with van der Waals surface area (Å²) < 4.78 is 0. The lowest BCUT2D eigenvalue weighted by Crippen LogP contribution is -2.44. The zero-order chi connectivity index (χ0) is 17.4. The van der Waals surface area contributed by atoms with E-state index in [1.54, 1.807) is 0 Å². The molecule has 1 aliphatic carbocycles. The first kappa shape index (κ1) is 16.2. The summed E-state index contributed by atoms with van der Waals surface area (Å²) in [7, 11) is 0. The number of nitrogen functional groups attached to an aromatic ring is 1. The smallest absolute Gasteiger partial charge is 0.0420 e. The van der Waals surface area contributed by atoms with Gasteiger partial charge in [-0.15, -0.1) is 0 Å². The molecule has 2 aromatic rings. The number of hydrogen-bond donors (Lipinski definition) is 3. The molecule has 0 amide bonds. The van der Waals surface area contributed by atoms with E-state index in [9.17, 15) is 0 Å². The molecule has 1 aliphatic heterocycles. The molecule has 2 bridgehead atoms. The fourth-order valence-electron chi connectivity index (χ4n) is 4.41. The van der Waals surface area contributed by atoms with Gasteiger partial charge in [0.25, 0.3) is 0 Å².